The van der Waals surface area contributed by atoms with Crippen LogP contribution in [0.15, 0.2) is 0 Å². The number of unbranched alkanes of at least 4 members (excludes halogenated alkanes) is 12. The third-order valence-corrected chi connectivity index (χ3v) is 9.30. The van der Waals surface area contributed by atoms with Crippen LogP contribution in [0.1, 0.15) is 184 Å². The highest BCUT2D eigenvalue weighted by molar-refractivity contribution is 4.84. The second-order valence-electron chi connectivity index (χ2n) is 12.8. The predicted octanol–water partition coefficient (Wildman–Crippen LogP) is 11.7. The first kappa shape index (κ1) is 39.8. The molecule has 242 valence electrons. The van der Waals surface area contributed by atoms with Gasteiger partial charge in [0, 0.05) is 23.7 Å². The first-order valence-electron chi connectivity index (χ1n) is 17.3. The van der Waals surface area contributed by atoms with Crippen molar-refractivity contribution in [2.45, 2.75) is 195 Å². The standard InChI is InChI=1S/C34H70O6/c1-9-13-17-21-25-29(5)33(37-35,30(6)26-22-18-14-10-2)39-40-34(38-36,31(7)27-23-19-15-11-3)32(8)28-24-20-16-12-4/h29-32,35-36H,9-28H2,1-8H3. The SMILES string of the molecule is CCCCCCC(C)C(OO)(OOC(OO)(C(C)CCCCCC)C(C)CCCCCC)C(C)CCCCCC. The third-order valence-electron chi connectivity index (χ3n) is 9.30. The van der Waals surface area contributed by atoms with E-state index in [1.165, 1.54) is 51.4 Å². The lowest BCUT2D eigenvalue weighted by atomic mass is 9.82. The maximum Gasteiger partial charge on any atom is 0.238 e. The minimum absolute atomic E-state index is 0.105. The van der Waals surface area contributed by atoms with Crippen molar-refractivity contribution in [1.29, 1.82) is 0 Å². The summed E-state index contributed by atoms with van der Waals surface area (Å²) in [5.74, 6) is -3.10. The predicted molar refractivity (Wildman–Crippen MR) is 167 cm³/mol. The van der Waals surface area contributed by atoms with Crippen molar-refractivity contribution in [2.75, 3.05) is 0 Å². The summed E-state index contributed by atoms with van der Waals surface area (Å²) in [6, 6.07) is 0. The van der Waals surface area contributed by atoms with Gasteiger partial charge in [-0.15, -0.1) is 0 Å². The van der Waals surface area contributed by atoms with Gasteiger partial charge in [-0.1, -0.05) is 158 Å². The van der Waals surface area contributed by atoms with Crippen LogP contribution in [-0.4, -0.2) is 22.1 Å². The molecule has 0 aliphatic heterocycles. The first-order chi connectivity index (χ1) is 19.3. The lowest BCUT2D eigenvalue weighted by Gasteiger charge is -2.44. The molecule has 0 aromatic carbocycles. The summed E-state index contributed by atoms with van der Waals surface area (Å²) in [6.07, 6.45) is 21.6. The molecule has 0 amide bonds. The van der Waals surface area contributed by atoms with Gasteiger partial charge in [-0.25, -0.2) is 20.3 Å². The molecule has 0 saturated carbocycles. The van der Waals surface area contributed by atoms with E-state index in [1.807, 2.05) is 0 Å². The van der Waals surface area contributed by atoms with Crippen molar-refractivity contribution in [3.63, 3.8) is 0 Å². The second kappa shape index (κ2) is 24.2. The van der Waals surface area contributed by atoms with Gasteiger partial charge in [0.15, 0.2) is 0 Å². The second-order valence-corrected chi connectivity index (χ2v) is 12.8. The summed E-state index contributed by atoms with van der Waals surface area (Å²) in [5, 5.41) is 20.9. The highest BCUT2D eigenvalue weighted by Crippen LogP contribution is 2.43. The normalized spacial score (nSPS) is 18.1. The van der Waals surface area contributed by atoms with E-state index >= 15 is 0 Å². The van der Waals surface area contributed by atoms with Crippen LogP contribution in [0.5, 0.6) is 0 Å². The first-order valence-corrected chi connectivity index (χ1v) is 17.3. The molecule has 6 heteroatoms. The molecule has 4 unspecified atom stereocenters. The Balaban J connectivity index is 6.02. The van der Waals surface area contributed by atoms with Gasteiger partial charge in [0.05, 0.1) is 0 Å². The van der Waals surface area contributed by atoms with Crippen LogP contribution in [0.3, 0.4) is 0 Å². The minimum atomic E-state index is -1.34. The molecule has 0 rings (SSSR count). The molecule has 0 radical (unpaired) electrons. The zero-order chi connectivity index (χ0) is 30.3. The van der Waals surface area contributed by atoms with Gasteiger partial charge in [0.2, 0.25) is 11.6 Å². The summed E-state index contributed by atoms with van der Waals surface area (Å²) in [6.45, 7) is 17.2. The van der Waals surface area contributed by atoms with Gasteiger partial charge in [0.25, 0.3) is 0 Å². The molecule has 0 aromatic rings. The average molecular weight is 575 g/mol. The van der Waals surface area contributed by atoms with Gasteiger partial charge >= 0.3 is 0 Å². The largest absolute Gasteiger partial charge is 0.249 e. The van der Waals surface area contributed by atoms with Crippen LogP contribution in [0.2, 0.25) is 0 Å². The Kier molecular flexibility index (Phi) is 24.1. The fourth-order valence-electron chi connectivity index (χ4n) is 6.13. The van der Waals surface area contributed by atoms with Crippen molar-refractivity contribution in [1.82, 2.24) is 0 Å². The van der Waals surface area contributed by atoms with Crippen molar-refractivity contribution in [3.05, 3.63) is 0 Å². The summed E-state index contributed by atoms with van der Waals surface area (Å²) in [5.41, 5.74) is 0. The minimum Gasteiger partial charge on any atom is -0.249 e. The van der Waals surface area contributed by atoms with E-state index in [9.17, 15) is 10.5 Å². The monoisotopic (exact) mass is 575 g/mol. The quantitative estimate of drug-likeness (QED) is 0.0400. The van der Waals surface area contributed by atoms with Crippen molar-refractivity contribution < 1.29 is 30.1 Å². The number of rotatable bonds is 29. The molecule has 40 heavy (non-hydrogen) atoms. The van der Waals surface area contributed by atoms with Crippen LogP contribution < -0.4 is 0 Å². The van der Waals surface area contributed by atoms with Crippen LogP contribution in [0.25, 0.3) is 0 Å². The molecule has 0 saturated heterocycles. The molecule has 4 atom stereocenters. The molecule has 0 fully saturated rings. The maximum absolute atomic E-state index is 10.5. The fourth-order valence-corrected chi connectivity index (χ4v) is 6.13. The van der Waals surface area contributed by atoms with Gasteiger partial charge in [-0.2, -0.15) is 9.78 Å². The van der Waals surface area contributed by atoms with E-state index in [2.05, 4.69) is 55.4 Å². The van der Waals surface area contributed by atoms with Gasteiger partial charge in [-0.3, -0.25) is 0 Å². The topological polar surface area (TPSA) is 77.4 Å². The van der Waals surface area contributed by atoms with E-state index in [1.54, 1.807) is 0 Å². The van der Waals surface area contributed by atoms with Crippen LogP contribution in [0.4, 0.5) is 0 Å². The van der Waals surface area contributed by atoms with E-state index in [0.717, 1.165) is 77.0 Å². The molecular weight excluding hydrogens is 504 g/mol. The van der Waals surface area contributed by atoms with Crippen molar-refractivity contribution >= 4 is 0 Å². The maximum atomic E-state index is 10.5. The van der Waals surface area contributed by atoms with E-state index in [0.29, 0.717) is 0 Å². The molecule has 2 N–H and O–H groups in total. The average Bonchev–Trinajstić information content (AvgIpc) is 2.96. The molecule has 0 aromatic heterocycles. The lowest BCUT2D eigenvalue weighted by Crippen LogP contribution is -2.54. The summed E-state index contributed by atoms with van der Waals surface area (Å²) < 4.78 is 0. The Labute approximate surface area is 249 Å². The molecule has 0 aliphatic carbocycles. The molecule has 0 aliphatic rings. The van der Waals surface area contributed by atoms with E-state index in [-0.39, 0.29) is 23.7 Å². The van der Waals surface area contributed by atoms with Crippen LogP contribution in [0, 0.1) is 23.7 Å². The molecule has 0 bridgehead atoms. The summed E-state index contributed by atoms with van der Waals surface area (Å²) in [7, 11) is 0. The molecule has 0 heterocycles. The Morgan fingerprint density at radius 1 is 0.400 bits per heavy atom. The number of hydrogen-bond acceptors (Lipinski definition) is 6. The summed E-state index contributed by atoms with van der Waals surface area (Å²) in [4.78, 5) is 23.3. The van der Waals surface area contributed by atoms with Crippen LogP contribution >= 0.6 is 0 Å². The Hall–Kier alpha value is -0.240. The van der Waals surface area contributed by atoms with E-state index in [4.69, 9.17) is 19.6 Å². The van der Waals surface area contributed by atoms with Crippen molar-refractivity contribution in [3.8, 4) is 0 Å². The zero-order valence-electron chi connectivity index (χ0n) is 28.0. The van der Waals surface area contributed by atoms with Crippen molar-refractivity contribution in [2.24, 2.45) is 23.7 Å². The van der Waals surface area contributed by atoms with Gasteiger partial charge in [-0.05, 0) is 25.7 Å². The third kappa shape index (κ3) is 13.8. The van der Waals surface area contributed by atoms with Gasteiger partial charge in [0.1, 0.15) is 0 Å². The molecule has 6 nitrogen and oxygen atoms in total. The Morgan fingerprint density at radius 2 is 0.625 bits per heavy atom. The van der Waals surface area contributed by atoms with Gasteiger partial charge < -0.3 is 0 Å². The smallest absolute Gasteiger partial charge is 0.238 e. The fraction of sp³-hybridized carbons (Fsp3) is 1.00. The molecular formula is C34H70O6. The summed E-state index contributed by atoms with van der Waals surface area (Å²) >= 11 is 0. The number of hydrogen-bond donors (Lipinski definition) is 2. The Morgan fingerprint density at radius 3 is 0.800 bits per heavy atom. The lowest BCUT2D eigenvalue weighted by molar-refractivity contribution is -0.599. The zero-order valence-corrected chi connectivity index (χ0v) is 28.0. The highest BCUT2D eigenvalue weighted by atomic mass is 17.3. The van der Waals surface area contributed by atoms with Crippen LogP contribution in [-0.2, 0) is 19.6 Å². The Bertz CT molecular complexity index is 473. The highest BCUT2D eigenvalue weighted by Gasteiger charge is 2.52. The molecule has 0 spiro atoms. The van der Waals surface area contributed by atoms with E-state index < -0.39 is 11.6 Å².